The molecule has 2 aliphatic heterocycles. The summed E-state index contributed by atoms with van der Waals surface area (Å²) in [6, 6.07) is 11.5. The number of nitrogens with zero attached hydrogens (tertiary/aromatic N) is 3. The number of methoxy groups -OCH3 is 1. The van der Waals surface area contributed by atoms with Gasteiger partial charge in [-0.2, -0.15) is 0 Å². The number of carbonyl (C=O) groups excluding carboxylic acids is 2. The lowest BCUT2D eigenvalue weighted by Crippen LogP contribution is -2.40. The zero-order valence-electron chi connectivity index (χ0n) is 22.1. The molecule has 1 saturated carbocycles. The van der Waals surface area contributed by atoms with Gasteiger partial charge in [0.15, 0.2) is 5.69 Å². The smallest absolute Gasteiger partial charge is 0.356 e. The van der Waals surface area contributed by atoms with Gasteiger partial charge in [-0.1, -0.05) is 24.6 Å². The Hall–Kier alpha value is -3.46. The van der Waals surface area contributed by atoms with Crippen molar-refractivity contribution >= 4 is 34.8 Å². The Kier molecular flexibility index (Phi) is 8.22. The first-order valence-corrected chi connectivity index (χ1v) is 13.7. The molecule has 1 aliphatic carbocycles. The summed E-state index contributed by atoms with van der Waals surface area (Å²) in [5.41, 5.74) is 3.17. The number of hydrogen-bond acceptors (Lipinski definition) is 8. The van der Waals surface area contributed by atoms with Gasteiger partial charge in [0, 0.05) is 43.5 Å². The van der Waals surface area contributed by atoms with E-state index in [-0.39, 0.29) is 30.2 Å². The number of pyridine rings is 1. The van der Waals surface area contributed by atoms with Crippen LogP contribution < -0.4 is 10.2 Å². The second-order valence-electron chi connectivity index (χ2n) is 10.4. The molecule has 2 saturated heterocycles. The van der Waals surface area contributed by atoms with Gasteiger partial charge in [-0.25, -0.2) is 9.78 Å². The van der Waals surface area contributed by atoms with Gasteiger partial charge in [-0.05, 0) is 56.7 Å². The van der Waals surface area contributed by atoms with Crippen LogP contribution in [-0.4, -0.2) is 73.5 Å². The average molecular weight is 520 g/mol. The maximum atomic E-state index is 12.6. The van der Waals surface area contributed by atoms with Gasteiger partial charge in [0.25, 0.3) is 0 Å². The van der Waals surface area contributed by atoms with Crippen molar-refractivity contribution in [2.24, 2.45) is 5.92 Å². The number of likely N-dealkylation sites (tertiary alicyclic amines) is 1. The molecule has 1 aromatic heterocycles. The van der Waals surface area contributed by atoms with Crippen LogP contribution in [-0.2, 0) is 14.3 Å². The zero-order valence-corrected chi connectivity index (χ0v) is 22.1. The van der Waals surface area contributed by atoms with E-state index in [9.17, 15) is 9.59 Å². The molecule has 2 aromatic rings. The number of nitrogens with one attached hydrogen (secondary N) is 2. The summed E-state index contributed by atoms with van der Waals surface area (Å²) in [4.78, 5) is 33.8. The van der Waals surface area contributed by atoms with Crippen LogP contribution in [0.25, 0.3) is 0 Å². The normalized spacial score (nSPS) is 18.2. The highest BCUT2D eigenvalue weighted by Crippen LogP contribution is 2.38. The van der Waals surface area contributed by atoms with E-state index >= 15 is 0 Å². The first kappa shape index (κ1) is 26.2. The van der Waals surface area contributed by atoms with Crippen LogP contribution in [0, 0.1) is 11.3 Å². The van der Waals surface area contributed by atoms with Crippen LogP contribution in [0.1, 0.15) is 61.0 Å². The first-order valence-electron chi connectivity index (χ1n) is 13.7. The van der Waals surface area contributed by atoms with E-state index < -0.39 is 5.97 Å². The Morgan fingerprint density at radius 1 is 1.03 bits per heavy atom. The molecule has 0 bridgehead atoms. The highest BCUT2D eigenvalue weighted by atomic mass is 16.5. The van der Waals surface area contributed by atoms with Crippen molar-refractivity contribution in [3.8, 4) is 0 Å². The molecule has 1 amide bonds. The lowest BCUT2D eigenvalue weighted by molar-refractivity contribution is -0.137. The Morgan fingerprint density at radius 2 is 1.74 bits per heavy atom. The number of anilines is 3. The number of amides is 1. The van der Waals surface area contributed by atoms with Gasteiger partial charge in [0.2, 0.25) is 5.91 Å². The molecule has 0 atom stereocenters. The van der Waals surface area contributed by atoms with E-state index in [1.165, 1.54) is 7.11 Å². The summed E-state index contributed by atoms with van der Waals surface area (Å²) in [6.45, 7) is 3.20. The lowest BCUT2D eigenvalue weighted by atomic mass is 9.79. The molecule has 202 valence electrons. The molecule has 5 rings (SSSR count). The Balaban J connectivity index is 1.38. The number of para-hydroxylation sites is 1. The number of rotatable bonds is 9. The third kappa shape index (κ3) is 5.83. The van der Waals surface area contributed by atoms with E-state index in [1.807, 2.05) is 35.2 Å². The van der Waals surface area contributed by atoms with Crippen LogP contribution in [0.5, 0.6) is 0 Å². The number of piperidine rings is 1. The summed E-state index contributed by atoms with van der Waals surface area (Å²) < 4.78 is 11.0. The van der Waals surface area contributed by atoms with Crippen LogP contribution in [0.2, 0.25) is 0 Å². The first-order chi connectivity index (χ1) is 18.5. The van der Waals surface area contributed by atoms with Gasteiger partial charge in [-0.15, -0.1) is 0 Å². The fourth-order valence-corrected chi connectivity index (χ4v) is 5.42. The fraction of sp³-hybridized carbons (Fsp3) is 0.517. The minimum atomic E-state index is -0.511. The molecule has 0 radical (unpaired) electrons. The monoisotopic (exact) mass is 519 g/mol. The van der Waals surface area contributed by atoms with Crippen LogP contribution in [0.15, 0.2) is 36.4 Å². The second kappa shape index (κ2) is 11.9. The molecular formula is C29H37N5O4. The minimum Gasteiger partial charge on any atom is -0.464 e. The highest BCUT2D eigenvalue weighted by Gasteiger charge is 2.32. The number of benzene rings is 1. The van der Waals surface area contributed by atoms with E-state index in [4.69, 9.17) is 14.9 Å². The quantitative estimate of drug-likeness (QED) is 0.374. The van der Waals surface area contributed by atoms with Gasteiger partial charge in [-0.3, -0.25) is 4.79 Å². The standard InChI is InChI=1S/C29H37N5O4/c1-37-29(36)23-18-24(33-16-12-22(13-17-33)38-19-25(35)34-14-5-6-15-34)26(27(30)20-8-7-9-20)28(32-23)31-21-10-3-2-4-11-21/h2-4,10-11,18,20,22,30H,5-9,12-17,19H2,1H3,(H,31,32). The minimum absolute atomic E-state index is 0.0103. The van der Waals surface area contributed by atoms with Gasteiger partial charge < -0.3 is 30.0 Å². The van der Waals surface area contributed by atoms with E-state index in [0.717, 1.165) is 75.0 Å². The number of hydrogen-bond donors (Lipinski definition) is 2. The highest BCUT2D eigenvalue weighted by molar-refractivity contribution is 6.10. The third-order valence-corrected chi connectivity index (χ3v) is 7.90. The van der Waals surface area contributed by atoms with Crippen LogP contribution >= 0.6 is 0 Å². The summed E-state index contributed by atoms with van der Waals surface area (Å²) in [6.07, 6.45) is 6.78. The number of carbonyl (C=O) groups is 2. The van der Waals surface area contributed by atoms with Gasteiger partial charge in [0.1, 0.15) is 12.4 Å². The second-order valence-corrected chi connectivity index (χ2v) is 10.4. The Labute approximate surface area is 224 Å². The van der Waals surface area contributed by atoms with E-state index in [0.29, 0.717) is 24.6 Å². The zero-order chi connectivity index (χ0) is 26.5. The molecule has 3 heterocycles. The lowest BCUT2D eigenvalue weighted by Gasteiger charge is -2.36. The molecule has 3 aliphatic rings. The van der Waals surface area contributed by atoms with Crippen molar-refractivity contribution in [1.29, 1.82) is 5.41 Å². The topological polar surface area (TPSA) is 108 Å². The molecule has 9 heteroatoms. The molecule has 2 N–H and O–H groups in total. The van der Waals surface area contributed by atoms with E-state index in [1.54, 1.807) is 6.07 Å². The van der Waals surface area contributed by atoms with Crippen molar-refractivity contribution in [2.45, 2.75) is 51.0 Å². The SMILES string of the molecule is COC(=O)c1cc(N2CCC(OCC(=O)N3CCCC3)CC2)c(C(=N)C2CCC2)c(Nc2ccccc2)n1. The van der Waals surface area contributed by atoms with Crippen molar-refractivity contribution < 1.29 is 19.1 Å². The van der Waals surface area contributed by atoms with Crippen LogP contribution in [0.3, 0.4) is 0 Å². The number of ether oxygens (including phenoxy) is 2. The largest absolute Gasteiger partial charge is 0.464 e. The maximum absolute atomic E-state index is 12.6. The third-order valence-electron chi connectivity index (χ3n) is 7.90. The molecule has 0 unspecified atom stereocenters. The maximum Gasteiger partial charge on any atom is 0.356 e. The molecule has 0 spiro atoms. The summed E-state index contributed by atoms with van der Waals surface area (Å²) >= 11 is 0. The average Bonchev–Trinajstić information content (AvgIpc) is 3.46. The number of esters is 1. The van der Waals surface area contributed by atoms with E-state index in [2.05, 4.69) is 15.2 Å². The van der Waals surface area contributed by atoms with Gasteiger partial charge in [0.05, 0.1) is 24.5 Å². The van der Waals surface area contributed by atoms with Crippen LogP contribution in [0.4, 0.5) is 17.2 Å². The fourth-order valence-electron chi connectivity index (χ4n) is 5.42. The molecule has 1 aromatic carbocycles. The Morgan fingerprint density at radius 3 is 2.37 bits per heavy atom. The van der Waals surface area contributed by atoms with Gasteiger partial charge >= 0.3 is 5.97 Å². The van der Waals surface area contributed by atoms with Crippen molar-refractivity contribution in [3.05, 3.63) is 47.7 Å². The predicted molar refractivity (Wildman–Crippen MR) is 146 cm³/mol. The van der Waals surface area contributed by atoms with Crippen molar-refractivity contribution in [1.82, 2.24) is 9.88 Å². The summed E-state index contributed by atoms with van der Waals surface area (Å²) in [7, 11) is 1.35. The molecular weight excluding hydrogens is 482 g/mol. The molecule has 9 nitrogen and oxygen atoms in total. The molecule has 3 fully saturated rings. The number of aromatic nitrogens is 1. The Bertz CT molecular complexity index is 1150. The van der Waals surface area contributed by atoms with Crippen molar-refractivity contribution in [3.63, 3.8) is 0 Å². The predicted octanol–water partition coefficient (Wildman–Crippen LogP) is 4.39. The van der Waals surface area contributed by atoms with Crippen molar-refractivity contribution in [2.75, 3.05) is 50.1 Å². The summed E-state index contributed by atoms with van der Waals surface area (Å²) in [5.74, 6) is 0.256. The molecule has 38 heavy (non-hydrogen) atoms. The summed E-state index contributed by atoms with van der Waals surface area (Å²) in [5, 5.41) is 12.5.